The van der Waals surface area contributed by atoms with Gasteiger partial charge in [0.2, 0.25) is 0 Å². The summed E-state index contributed by atoms with van der Waals surface area (Å²) in [5, 5.41) is 1.89. The molecule has 1 aliphatic rings. The standard InChI is InChI=1S/C22H21F3N4O3S/c1-31-19-10-15(2-4-18(19)32-12-17-13-33-14-27-17)21(30)29-8-6-28(7-9-29)20-5-3-16(11-26-20)22(23,24)25/h2-5,10-11,13-14H,6-9,12H2,1H3. The monoisotopic (exact) mass is 478 g/mol. The van der Waals surface area contributed by atoms with Crippen molar-refractivity contribution in [3.05, 3.63) is 64.2 Å². The summed E-state index contributed by atoms with van der Waals surface area (Å²) in [4.78, 5) is 24.6. The van der Waals surface area contributed by atoms with Gasteiger partial charge in [-0.15, -0.1) is 11.3 Å². The third-order valence-electron chi connectivity index (χ3n) is 5.24. The van der Waals surface area contributed by atoms with E-state index in [1.54, 1.807) is 28.6 Å². The van der Waals surface area contributed by atoms with Crippen molar-refractivity contribution >= 4 is 23.1 Å². The number of benzene rings is 1. The number of thiazole rings is 1. The van der Waals surface area contributed by atoms with E-state index >= 15 is 0 Å². The van der Waals surface area contributed by atoms with E-state index in [-0.39, 0.29) is 5.91 Å². The maximum atomic E-state index is 13.0. The minimum atomic E-state index is -4.42. The third-order valence-corrected chi connectivity index (χ3v) is 5.87. The second kappa shape index (κ2) is 9.65. The zero-order chi connectivity index (χ0) is 23.4. The zero-order valence-electron chi connectivity index (χ0n) is 17.7. The van der Waals surface area contributed by atoms with Gasteiger partial charge in [-0.1, -0.05) is 0 Å². The summed E-state index contributed by atoms with van der Waals surface area (Å²) in [6.45, 7) is 2.08. The van der Waals surface area contributed by atoms with Crippen LogP contribution in [0.2, 0.25) is 0 Å². The van der Waals surface area contributed by atoms with Gasteiger partial charge in [0.25, 0.3) is 5.91 Å². The molecular formula is C22H21F3N4O3S. The van der Waals surface area contributed by atoms with Crippen LogP contribution in [0.1, 0.15) is 21.6 Å². The van der Waals surface area contributed by atoms with E-state index in [2.05, 4.69) is 9.97 Å². The molecule has 0 unspecified atom stereocenters. The predicted molar refractivity (Wildman–Crippen MR) is 117 cm³/mol. The van der Waals surface area contributed by atoms with Gasteiger partial charge < -0.3 is 19.3 Å². The first-order valence-electron chi connectivity index (χ1n) is 10.1. The number of rotatable bonds is 6. The molecule has 0 spiro atoms. The molecule has 174 valence electrons. The second-order valence-electron chi connectivity index (χ2n) is 7.32. The lowest BCUT2D eigenvalue weighted by Gasteiger charge is -2.35. The molecule has 1 fully saturated rings. The third kappa shape index (κ3) is 5.36. The van der Waals surface area contributed by atoms with Crippen molar-refractivity contribution in [3.63, 3.8) is 0 Å². The molecule has 33 heavy (non-hydrogen) atoms. The highest BCUT2D eigenvalue weighted by atomic mass is 32.1. The lowest BCUT2D eigenvalue weighted by molar-refractivity contribution is -0.137. The molecule has 1 aliphatic heterocycles. The van der Waals surface area contributed by atoms with E-state index in [4.69, 9.17) is 9.47 Å². The highest BCUT2D eigenvalue weighted by molar-refractivity contribution is 7.07. The molecule has 1 amide bonds. The van der Waals surface area contributed by atoms with Gasteiger partial charge in [0.15, 0.2) is 11.5 Å². The number of hydrogen-bond acceptors (Lipinski definition) is 7. The number of hydrogen-bond donors (Lipinski definition) is 0. The molecule has 0 atom stereocenters. The number of amides is 1. The normalized spacial score (nSPS) is 14.3. The number of ether oxygens (including phenoxy) is 2. The van der Waals surface area contributed by atoms with Gasteiger partial charge in [0, 0.05) is 43.3 Å². The van der Waals surface area contributed by atoms with Gasteiger partial charge in [-0.3, -0.25) is 4.79 Å². The van der Waals surface area contributed by atoms with Crippen molar-refractivity contribution in [1.82, 2.24) is 14.9 Å². The molecule has 1 saturated heterocycles. The molecule has 0 aliphatic carbocycles. The Balaban J connectivity index is 1.37. The maximum absolute atomic E-state index is 13.0. The van der Waals surface area contributed by atoms with Crippen LogP contribution < -0.4 is 14.4 Å². The van der Waals surface area contributed by atoms with Crippen LogP contribution in [-0.4, -0.2) is 54.1 Å². The Morgan fingerprint density at radius 3 is 2.48 bits per heavy atom. The summed E-state index contributed by atoms with van der Waals surface area (Å²) in [6, 6.07) is 7.40. The fourth-order valence-electron chi connectivity index (χ4n) is 3.44. The Morgan fingerprint density at radius 1 is 1.09 bits per heavy atom. The van der Waals surface area contributed by atoms with E-state index in [0.717, 1.165) is 18.0 Å². The molecule has 0 N–H and O–H groups in total. The zero-order valence-corrected chi connectivity index (χ0v) is 18.5. The minimum absolute atomic E-state index is 0.153. The van der Waals surface area contributed by atoms with Crippen LogP contribution in [-0.2, 0) is 12.8 Å². The minimum Gasteiger partial charge on any atom is -0.493 e. The van der Waals surface area contributed by atoms with Gasteiger partial charge in [-0.25, -0.2) is 9.97 Å². The Labute approximate surface area is 192 Å². The van der Waals surface area contributed by atoms with Crippen LogP contribution in [0.3, 0.4) is 0 Å². The smallest absolute Gasteiger partial charge is 0.417 e. The summed E-state index contributed by atoms with van der Waals surface area (Å²) in [7, 11) is 1.51. The Morgan fingerprint density at radius 2 is 1.88 bits per heavy atom. The van der Waals surface area contributed by atoms with Crippen molar-refractivity contribution in [2.75, 3.05) is 38.2 Å². The fraction of sp³-hybridized carbons (Fsp3) is 0.318. The van der Waals surface area contributed by atoms with Gasteiger partial charge in [0.1, 0.15) is 12.4 Å². The molecule has 3 aromatic rings. The first-order valence-corrected chi connectivity index (χ1v) is 11.0. The van der Waals surface area contributed by atoms with E-state index in [0.29, 0.717) is 55.7 Å². The Hall–Kier alpha value is -3.34. The number of pyridine rings is 1. The molecule has 0 bridgehead atoms. The maximum Gasteiger partial charge on any atom is 0.417 e. The number of carbonyl (C=O) groups is 1. The number of anilines is 1. The summed E-state index contributed by atoms with van der Waals surface area (Å²) in [5.41, 5.74) is 2.22. The first-order chi connectivity index (χ1) is 15.8. The number of aromatic nitrogens is 2. The van der Waals surface area contributed by atoms with Crippen LogP contribution in [0.4, 0.5) is 19.0 Å². The van der Waals surface area contributed by atoms with E-state index in [1.165, 1.54) is 24.5 Å². The van der Waals surface area contributed by atoms with Crippen LogP contribution in [0.5, 0.6) is 11.5 Å². The lowest BCUT2D eigenvalue weighted by atomic mass is 10.1. The first kappa shape index (κ1) is 22.8. The quantitative estimate of drug-likeness (QED) is 0.531. The number of nitrogens with zero attached hydrogens (tertiary/aromatic N) is 4. The second-order valence-corrected chi connectivity index (χ2v) is 8.03. The lowest BCUT2D eigenvalue weighted by Crippen LogP contribution is -2.49. The van der Waals surface area contributed by atoms with Crippen molar-refractivity contribution in [2.24, 2.45) is 0 Å². The van der Waals surface area contributed by atoms with Gasteiger partial charge in [-0.2, -0.15) is 13.2 Å². The highest BCUT2D eigenvalue weighted by Gasteiger charge is 2.31. The molecule has 2 aromatic heterocycles. The van der Waals surface area contributed by atoms with Crippen molar-refractivity contribution in [3.8, 4) is 11.5 Å². The molecule has 7 nitrogen and oxygen atoms in total. The van der Waals surface area contributed by atoms with Gasteiger partial charge >= 0.3 is 6.18 Å². The van der Waals surface area contributed by atoms with Crippen molar-refractivity contribution < 1.29 is 27.4 Å². The largest absolute Gasteiger partial charge is 0.493 e. The summed E-state index contributed by atoms with van der Waals surface area (Å²) in [6.07, 6.45) is -3.59. The van der Waals surface area contributed by atoms with E-state index in [1.807, 2.05) is 10.3 Å². The molecule has 11 heteroatoms. The van der Waals surface area contributed by atoms with Gasteiger partial charge in [-0.05, 0) is 30.3 Å². The molecule has 3 heterocycles. The number of alkyl halides is 3. The average molecular weight is 478 g/mol. The molecule has 4 rings (SSSR count). The SMILES string of the molecule is COc1cc(C(=O)N2CCN(c3ccc(C(F)(F)F)cn3)CC2)ccc1OCc1cscn1. The number of methoxy groups -OCH3 is 1. The topological polar surface area (TPSA) is 67.8 Å². The van der Waals surface area contributed by atoms with Crippen LogP contribution in [0.25, 0.3) is 0 Å². The van der Waals surface area contributed by atoms with Gasteiger partial charge in [0.05, 0.1) is 23.9 Å². The molecular weight excluding hydrogens is 457 g/mol. The Kier molecular flexibility index (Phi) is 6.68. The summed E-state index contributed by atoms with van der Waals surface area (Å²) in [5.74, 6) is 1.27. The summed E-state index contributed by atoms with van der Waals surface area (Å²) < 4.78 is 49.3. The Bertz CT molecular complexity index is 1080. The number of halogens is 3. The average Bonchev–Trinajstić information content (AvgIpc) is 3.35. The predicted octanol–water partition coefficient (Wildman–Crippen LogP) is 4.11. The van der Waals surface area contributed by atoms with Crippen LogP contribution in [0, 0.1) is 0 Å². The van der Waals surface area contributed by atoms with Crippen LogP contribution in [0.15, 0.2) is 47.4 Å². The molecule has 1 aromatic carbocycles. The fourth-order valence-corrected chi connectivity index (χ4v) is 3.99. The molecule has 0 saturated carbocycles. The van der Waals surface area contributed by atoms with E-state index in [9.17, 15) is 18.0 Å². The van der Waals surface area contributed by atoms with Crippen molar-refractivity contribution in [1.29, 1.82) is 0 Å². The highest BCUT2D eigenvalue weighted by Crippen LogP contribution is 2.31. The molecule has 0 radical (unpaired) electrons. The summed E-state index contributed by atoms with van der Waals surface area (Å²) >= 11 is 1.48. The number of piperazine rings is 1. The van der Waals surface area contributed by atoms with E-state index < -0.39 is 11.7 Å². The van der Waals surface area contributed by atoms with Crippen LogP contribution >= 0.6 is 11.3 Å². The van der Waals surface area contributed by atoms with Crippen molar-refractivity contribution in [2.45, 2.75) is 12.8 Å². The number of carbonyl (C=O) groups excluding carboxylic acids is 1.